The summed E-state index contributed by atoms with van der Waals surface area (Å²) in [5.41, 5.74) is -2.43. The van der Waals surface area contributed by atoms with E-state index in [1.807, 2.05) is 0 Å². The molecule has 0 aliphatic heterocycles. The van der Waals surface area contributed by atoms with Gasteiger partial charge in [0.05, 0.1) is 0 Å². The molecule has 0 aliphatic carbocycles. The van der Waals surface area contributed by atoms with Crippen molar-refractivity contribution in [2.45, 2.75) is 42.7 Å². The molecule has 0 amide bonds. The second-order valence-electron chi connectivity index (χ2n) is 4.83. The van der Waals surface area contributed by atoms with Gasteiger partial charge in [-0.1, -0.05) is 46.6 Å². The molecule has 114 valence electrons. The molecular formula is C12H16Cl3O4P. The maximum atomic E-state index is 12.6. The molecular weight excluding hydrogens is 345 g/mol. The van der Waals surface area contributed by atoms with E-state index in [-0.39, 0.29) is 0 Å². The van der Waals surface area contributed by atoms with Gasteiger partial charge in [0, 0.05) is 0 Å². The summed E-state index contributed by atoms with van der Waals surface area (Å²) < 4.78 is 26.2. The summed E-state index contributed by atoms with van der Waals surface area (Å²) >= 11 is 16.6. The lowest BCUT2D eigenvalue weighted by atomic mass is 10.2. The molecule has 0 bridgehead atoms. The van der Waals surface area contributed by atoms with Crippen LogP contribution in [0.3, 0.4) is 0 Å². The monoisotopic (exact) mass is 360 g/mol. The second-order valence-corrected chi connectivity index (χ2v) is 8.86. The zero-order valence-electron chi connectivity index (χ0n) is 11.6. The number of alkyl halides is 3. The Balaban J connectivity index is 5.22. The highest BCUT2D eigenvalue weighted by molar-refractivity contribution is 7.48. The van der Waals surface area contributed by atoms with Crippen LogP contribution in [0.1, 0.15) is 27.7 Å². The van der Waals surface area contributed by atoms with Crippen LogP contribution in [0.15, 0.2) is 0 Å². The van der Waals surface area contributed by atoms with Crippen LogP contribution in [0.25, 0.3) is 0 Å². The van der Waals surface area contributed by atoms with Crippen molar-refractivity contribution in [3.05, 3.63) is 0 Å². The van der Waals surface area contributed by atoms with Crippen LogP contribution in [0.5, 0.6) is 0 Å². The number of terminal acetylenes is 2. The van der Waals surface area contributed by atoms with Crippen LogP contribution < -0.4 is 0 Å². The van der Waals surface area contributed by atoms with Gasteiger partial charge in [-0.3, -0.25) is 13.6 Å². The maximum Gasteiger partial charge on any atom is 0.477 e. The first-order valence-electron chi connectivity index (χ1n) is 5.43. The normalized spacial score (nSPS) is 13.7. The third-order valence-corrected chi connectivity index (χ3v) is 3.89. The van der Waals surface area contributed by atoms with Gasteiger partial charge in [0.15, 0.2) is 0 Å². The van der Waals surface area contributed by atoms with E-state index in [1.165, 1.54) is 27.7 Å². The fraction of sp³-hybridized carbons (Fsp3) is 0.667. The minimum Gasteiger partial charge on any atom is -0.282 e. The van der Waals surface area contributed by atoms with E-state index in [2.05, 4.69) is 11.8 Å². The molecule has 4 nitrogen and oxygen atoms in total. The molecule has 0 heterocycles. The van der Waals surface area contributed by atoms with Crippen molar-refractivity contribution >= 4 is 42.6 Å². The average Bonchev–Trinajstić information content (AvgIpc) is 2.24. The minimum absolute atomic E-state index is 0.518. The van der Waals surface area contributed by atoms with E-state index in [9.17, 15) is 4.57 Å². The van der Waals surface area contributed by atoms with Gasteiger partial charge in [-0.2, -0.15) is 0 Å². The minimum atomic E-state index is -4.13. The average molecular weight is 362 g/mol. The SMILES string of the molecule is C#CC(C)(C)OP(=O)(OCC(Cl)(Cl)Cl)OC(C)(C)C#C. The molecule has 0 aliphatic rings. The molecule has 0 radical (unpaired) electrons. The van der Waals surface area contributed by atoms with Crippen molar-refractivity contribution in [3.63, 3.8) is 0 Å². The lowest BCUT2D eigenvalue weighted by Crippen LogP contribution is -2.28. The first-order chi connectivity index (χ1) is 8.74. The molecule has 0 atom stereocenters. The van der Waals surface area contributed by atoms with Gasteiger partial charge in [0.25, 0.3) is 0 Å². The molecule has 0 aromatic carbocycles. The zero-order chi connectivity index (χ0) is 16.2. The number of hydrogen-bond acceptors (Lipinski definition) is 4. The number of rotatable bonds is 6. The van der Waals surface area contributed by atoms with Gasteiger partial charge in [-0.25, -0.2) is 4.57 Å². The molecule has 0 unspecified atom stereocenters. The fourth-order valence-electron chi connectivity index (χ4n) is 0.835. The van der Waals surface area contributed by atoms with E-state index in [4.69, 9.17) is 61.2 Å². The lowest BCUT2D eigenvalue weighted by molar-refractivity contribution is 0.0304. The Hall–Kier alpha value is 0.1000. The smallest absolute Gasteiger partial charge is 0.282 e. The molecule has 0 saturated heterocycles. The van der Waals surface area contributed by atoms with Crippen molar-refractivity contribution in [1.82, 2.24) is 0 Å². The summed E-state index contributed by atoms with van der Waals surface area (Å²) in [6, 6.07) is 0. The van der Waals surface area contributed by atoms with Gasteiger partial charge in [-0.05, 0) is 27.7 Å². The van der Waals surface area contributed by atoms with Crippen LogP contribution in [0.4, 0.5) is 0 Å². The van der Waals surface area contributed by atoms with Crippen molar-refractivity contribution in [1.29, 1.82) is 0 Å². The number of phosphoric ester groups is 1. The molecule has 0 aromatic heterocycles. The Labute approximate surface area is 135 Å². The number of halogens is 3. The predicted molar refractivity (Wildman–Crippen MR) is 81.8 cm³/mol. The highest BCUT2D eigenvalue weighted by Gasteiger charge is 2.41. The van der Waals surface area contributed by atoms with Gasteiger partial charge in [0.1, 0.15) is 17.8 Å². The van der Waals surface area contributed by atoms with Crippen molar-refractivity contribution < 1.29 is 18.1 Å². The molecule has 20 heavy (non-hydrogen) atoms. The summed E-state index contributed by atoms with van der Waals surface area (Å²) in [4.78, 5) is 0. The Morgan fingerprint density at radius 1 is 1.00 bits per heavy atom. The summed E-state index contributed by atoms with van der Waals surface area (Å²) in [5.74, 6) is 4.59. The van der Waals surface area contributed by atoms with Gasteiger partial charge < -0.3 is 0 Å². The Morgan fingerprint density at radius 2 is 1.35 bits per heavy atom. The Bertz CT molecular complexity index is 437. The topological polar surface area (TPSA) is 44.8 Å². The Morgan fingerprint density at radius 3 is 1.60 bits per heavy atom. The number of hydrogen-bond donors (Lipinski definition) is 0. The molecule has 0 aromatic rings. The molecule has 0 saturated carbocycles. The third kappa shape index (κ3) is 8.40. The largest absolute Gasteiger partial charge is 0.477 e. The first-order valence-corrected chi connectivity index (χ1v) is 8.02. The number of phosphoric acid groups is 1. The summed E-state index contributed by atoms with van der Waals surface area (Å²) in [5, 5.41) is 0. The van der Waals surface area contributed by atoms with E-state index in [0.717, 1.165) is 0 Å². The summed E-state index contributed by atoms with van der Waals surface area (Å²) in [7, 11) is -4.13. The van der Waals surface area contributed by atoms with E-state index >= 15 is 0 Å². The summed E-state index contributed by atoms with van der Waals surface area (Å²) in [6.07, 6.45) is 10.5. The molecule has 0 rings (SSSR count). The highest BCUT2D eigenvalue weighted by atomic mass is 35.6. The van der Waals surface area contributed by atoms with Crippen LogP contribution >= 0.6 is 42.6 Å². The van der Waals surface area contributed by atoms with Crippen LogP contribution in [0.2, 0.25) is 0 Å². The van der Waals surface area contributed by atoms with Gasteiger partial charge in [0.2, 0.25) is 3.79 Å². The lowest BCUT2D eigenvalue weighted by Gasteiger charge is -2.30. The fourth-order valence-corrected chi connectivity index (χ4v) is 2.95. The van der Waals surface area contributed by atoms with Gasteiger partial charge >= 0.3 is 7.82 Å². The highest BCUT2D eigenvalue weighted by Crippen LogP contribution is 2.56. The van der Waals surface area contributed by atoms with Crippen LogP contribution in [-0.4, -0.2) is 21.6 Å². The quantitative estimate of drug-likeness (QED) is 0.401. The van der Waals surface area contributed by atoms with Crippen molar-refractivity contribution in [3.8, 4) is 24.7 Å². The van der Waals surface area contributed by atoms with Gasteiger partial charge in [-0.15, -0.1) is 12.8 Å². The van der Waals surface area contributed by atoms with Crippen molar-refractivity contribution in [2.24, 2.45) is 0 Å². The van der Waals surface area contributed by atoms with E-state index in [1.54, 1.807) is 0 Å². The van der Waals surface area contributed by atoms with Crippen LogP contribution in [0, 0.1) is 24.7 Å². The second kappa shape index (κ2) is 6.91. The summed E-state index contributed by atoms with van der Waals surface area (Å²) in [6.45, 7) is 5.50. The van der Waals surface area contributed by atoms with Crippen LogP contribution in [-0.2, 0) is 18.1 Å². The zero-order valence-corrected chi connectivity index (χ0v) is 14.7. The first kappa shape index (κ1) is 20.1. The Kier molecular flexibility index (Phi) is 6.94. The molecule has 0 N–H and O–H groups in total. The van der Waals surface area contributed by atoms with Crippen molar-refractivity contribution in [2.75, 3.05) is 6.61 Å². The maximum absolute atomic E-state index is 12.6. The van der Waals surface area contributed by atoms with E-state index in [0.29, 0.717) is 0 Å². The molecule has 0 fully saturated rings. The molecule has 8 heteroatoms. The standard InChI is InChI=1S/C12H16Cl3O4P/c1-7-10(3,4)18-20(16,17-9-12(13,14)15)19-11(5,6)8-2/h1-2H,9H2,3-6H3. The van der Waals surface area contributed by atoms with E-state index < -0.39 is 29.4 Å². The molecule has 0 spiro atoms. The third-order valence-electron chi connectivity index (χ3n) is 1.76. The predicted octanol–water partition coefficient (Wildman–Crippen LogP) is 4.34.